The van der Waals surface area contributed by atoms with Gasteiger partial charge in [-0.05, 0) is 66.6 Å². The maximum atomic E-state index is 12.7. The molecular formula is C25H28ClN3O. The number of nitrogens with one attached hydrogen (secondary N) is 1. The quantitative estimate of drug-likeness (QED) is 0.719. The van der Waals surface area contributed by atoms with E-state index >= 15 is 0 Å². The van der Waals surface area contributed by atoms with Crippen molar-refractivity contribution in [3.63, 3.8) is 0 Å². The fraction of sp³-hybridized carbons (Fsp3) is 0.440. The highest BCUT2D eigenvalue weighted by Gasteiger charge is 2.27. The lowest BCUT2D eigenvalue weighted by atomic mass is 9.86. The molecule has 1 aliphatic carbocycles. The second-order valence-electron chi connectivity index (χ2n) is 8.64. The number of carbonyl (C=O) groups excluding carboxylic acids is 1. The van der Waals surface area contributed by atoms with Gasteiger partial charge in [0.2, 0.25) is 5.91 Å². The minimum Gasteiger partial charge on any atom is -0.365 e. The minimum absolute atomic E-state index is 0.0433. The number of amides is 1. The summed E-state index contributed by atoms with van der Waals surface area (Å²) < 4.78 is 0. The Balaban J connectivity index is 1.50. The average Bonchev–Trinajstić information content (AvgIpc) is 2.74. The van der Waals surface area contributed by atoms with E-state index in [4.69, 9.17) is 11.6 Å². The van der Waals surface area contributed by atoms with Crippen LogP contribution in [0.25, 0.3) is 0 Å². The Bertz CT molecular complexity index is 946. The van der Waals surface area contributed by atoms with Crippen LogP contribution in [0, 0.1) is 17.2 Å². The molecule has 1 N–H and O–H groups in total. The predicted octanol–water partition coefficient (Wildman–Crippen LogP) is 5.23. The zero-order valence-corrected chi connectivity index (χ0v) is 18.0. The Hall–Kier alpha value is -2.51. The Morgan fingerprint density at radius 3 is 2.77 bits per heavy atom. The standard InChI is InChI=1S/C25H28ClN3O/c26-22-8-4-7-20(12-22)16-29-17-23(14-21-11-19(15-27)9-10-24(21)29)28-25(30)13-18-5-2-1-3-6-18/h4,7-12,18,23H,1-3,5-6,13-14,16-17H2,(H,28,30). The molecule has 1 aliphatic heterocycles. The molecule has 1 saturated carbocycles. The monoisotopic (exact) mass is 421 g/mol. The first-order chi connectivity index (χ1) is 14.6. The average molecular weight is 422 g/mol. The van der Waals surface area contributed by atoms with Crippen LogP contribution in [0.15, 0.2) is 42.5 Å². The summed E-state index contributed by atoms with van der Waals surface area (Å²) in [6.45, 7) is 1.47. The van der Waals surface area contributed by atoms with Gasteiger partial charge in [0.25, 0.3) is 0 Å². The minimum atomic E-state index is 0.0433. The molecule has 1 amide bonds. The van der Waals surface area contributed by atoms with Crippen molar-refractivity contribution in [3.8, 4) is 6.07 Å². The van der Waals surface area contributed by atoms with Crippen LogP contribution >= 0.6 is 11.6 Å². The van der Waals surface area contributed by atoms with E-state index in [1.54, 1.807) is 0 Å². The van der Waals surface area contributed by atoms with Crippen molar-refractivity contribution in [1.82, 2.24) is 5.32 Å². The summed E-state index contributed by atoms with van der Waals surface area (Å²) in [4.78, 5) is 15.0. The normalized spacial score (nSPS) is 19.1. The van der Waals surface area contributed by atoms with Crippen molar-refractivity contribution in [2.45, 2.75) is 57.5 Å². The van der Waals surface area contributed by atoms with Crippen molar-refractivity contribution < 1.29 is 4.79 Å². The SMILES string of the molecule is N#Cc1ccc2c(c1)CC(NC(=O)CC1CCCCC1)CN2Cc1cccc(Cl)c1. The third kappa shape index (κ3) is 5.15. The first-order valence-electron chi connectivity index (χ1n) is 10.9. The summed E-state index contributed by atoms with van der Waals surface area (Å²) in [5.41, 5.74) is 4.04. The number of anilines is 1. The number of hydrogen-bond donors (Lipinski definition) is 1. The van der Waals surface area contributed by atoms with E-state index in [1.807, 2.05) is 36.4 Å². The molecule has 0 spiro atoms. The molecule has 2 aromatic rings. The van der Waals surface area contributed by atoms with Crippen LogP contribution in [0.3, 0.4) is 0 Å². The molecule has 1 heterocycles. The van der Waals surface area contributed by atoms with E-state index in [9.17, 15) is 10.1 Å². The molecule has 5 heteroatoms. The zero-order chi connectivity index (χ0) is 20.9. The predicted molar refractivity (Wildman–Crippen MR) is 120 cm³/mol. The highest BCUT2D eigenvalue weighted by Crippen LogP contribution is 2.31. The molecule has 1 atom stereocenters. The maximum absolute atomic E-state index is 12.7. The van der Waals surface area contributed by atoms with E-state index in [0.717, 1.165) is 34.8 Å². The fourth-order valence-electron chi connectivity index (χ4n) is 4.86. The number of nitrogens with zero attached hydrogens (tertiary/aromatic N) is 2. The van der Waals surface area contributed by atoms with Crippen molar-refractivity contribution in [2.75, 3.05) is 11.4 Å². The highest BCUT2D eigenvalue weighted by atomic mass is 35.5. The van der Waals surface area contributed by atoms with Crippen LogP contribution in [0.5, 0.6) is 0 Å². The Kier molecular flexibility index (Phi) is 6.59. The van der Waals surface area contributed by atoms with Gasteiger partial charge in [0.1, 0.15) is 0 Å². The van der Waals surface area contributed by atoms with E-state index < -0.39 is 0 Å². The number of rotatable bonds is 5. The van der Waals surface area contributed by atoms with Crippen molar-refractivity contribution in [2.24, 2.45) is 5.92 Å². The van der Waals surface area contributed by atoms with Crippen LogP contribution in [-0.2, 0) is 17.8 Å². The van der Waals surface area contributed by atoms with Gasteiger partial charge in [-0.15, -0.1) is 0 Å². The number of halogens is 1. The van der Waals surface area contributed by atoms with Crippen molar-refractivity contribution in [1.29, 1.82) is 5.26 Å². The number of hydrogen-bond acceptors (Lipinski definition) is 3. The number of benzene rings is 2. The molecule has 4 nitrogen and oxygen atoms in total. The molecule has 30 heavy (non-hydrogen) atoms. The second-order valence-corrected chi connectivity index (χ2v) is 9.08. The lowest BCUT2D eigenvalue weighted by Gasteiger charge is -2.37. The lowest BCUT2D eigenvalue weighted by Crippen LogP contribution is -2.48. The molecule has 0 bridgehead atoms. The molecule has 1 fully saturated rings. The first-order valence-corrected chi connectivity index (χ1v) is 11.3. The number of nitriles is 1. The molecule has 0 saturated heterocycles. The van der Waals surface area contributed by atoms with Crippen LogP contribution in [0.4, 0.5) is 5.69 Å². The van der Waals surface area contributed by atoms with Crippen LogP contribution < -0.4 is 10.2 Å². The van der Waals surface area contributed by atoms with Gasteiger partial charge in [-0.25, -0.2) is 0 Å². The van der Waals surface area contributed by atoms with E-state index in [1.165, 1.54) is 32.1 Å². The number of carbonyl (C=O) groups is 1. The van der Waals surface area contributed by atoms with E-state index in [0.29, 0.717) is 24.4 Å². The summed E-state index contributed by atoms with van der Waals surface area (Å²) in [5.74, 6) is 0.692. The van der Waals surface area contributed by atoms with Gasteiger partial charge in [-0.3, -0.25) is 4.79 Å². The second kappa shape index (κ2) is 9.53. The molecule has 4 rings (SSSR count). The van der Waals surface area contributed by atoms with Crippen molar-refractivity contribution >= 4 is 23.2 Å². The Labute approximate surface area is 183 Å². The summed E-state index contributed by atoms with van der Waals surface area (Å²) in [6, 6.07) is 16.0. The lowest BCUT2D eigenvalue weighted by molar-refractivity contribution is -0.122. The molecule has 1 unspecified atom stereocenters. The zero-order valence-electron chi connectivity index (χ0n) is 17.2. The number of fused-ring (bicyclic) bond motifs is 1. The van der Waals surface area contributed by atoms with Crippen LogP contribution in [0.2, 0.25) is 5.02 Å². The van der Waals surface area contributed by atoms with Gasteiger partial charge in [0.05, 0.1) is 17.7 Å². The summed E-state index contributed by atoms with van der Waals surface area (Å²) in [6.07, 6.45) is 7.54. The van der Waals surface area contributed by atoms with E-state index in [-0.39, 0.29) is 11.9 Å². The van der Waals surface area contributed by atoms with Gasteiger partial charge in [0.15, 0.2) is 0 Å². The van der Waals surface area contributed by atoms with Gasteiger partial charge in [0, 0.05) is 30.2 Å². The van der Waals surface area contributed by atoms with Gasteiger partial charge < -0.3 is 10.2 Å². The van der Waals surface area contributed by atoms with Crippen LogP contribution in [0.1, 0.15) is 55.2 Å². The first kappa shape index (κ1) is 20.8. The topological polar surface area (TPSA) is 56.1 Å². The van der Waals surface area contributed by atoms with Gasteiger partial charge in [-0.1, -0.05) is 43.0 Å². The Morgan fingerprint density at radius 2 is 2.00 bits per heavy atom. The van der Waals surface area contributed by atoms with E-state index in [2.05, 4.69) is 22.4 Å². The summed E-state index contributed by atoms with van der Waals surface area (Å²) >= 11 is 6.18. The highest BCUT2D eigenvalue weighted by molar-refractivity contribution is 6.30. The summed E-state index contributed by atoms with van der Waals surface area (Å²) in [7, 11) is 0. The third-order valence-corrected chi connectivity index (χ3v) is 6.52. The van der Waals surface area contributed by atoms with Gasteiger partial charge >= 0.3 is 0 Å². The fourth-order valence-corrected chi connectivity index (χ4v) is 5.08. The largest absolute Gasteiger partial charge is 0.365 e. The third-order valence-electron chi connectivity index (χ3n) is 6.28. The molecule has 0 radical (unpaired) electrons. The van der Waals surface area contributed by atoms with Crippen molar-refractivity contribution in [3.05, 3.63) is 64.2 Å². The van der Waals surface area contributed by atoms with Gasteiger partial charge in [-0.2, -0.15) is 5.26 Å². The summed E-state index contributed by atoms with van der Waals surface area (Å²) in [5, 5.41) is 13.3. The molecule has 2 aromatic carbocycles. The molecule has 2 aliphatic rings. The molecular weight excluding hydrogens is 394 g/mol. The maximum Gasteiger partial charge on any atom is 0.220 e. The molecule has 0 aromatic heterocycles. The smallest absolute Gasteiger partial charge is 0.220 e. The Morgan fingerprint density at radius 1 is 1.17 bits per heavy atom. The molecule has 156 valence electrons. The van der Waals surface area contributed by atoms with Crippen LogP contribution in [-0.4, -0.2) is 18.5 Å².